The van der Waals surface area contributed by atoms with Crippen molar-refractivity contribution in [3.63, 3.8) is 0 Å². The molecule has 1 aliphatic heterocycles. The molecule has 11 nitrogen and oxygen atoms in total. The Morgan fingerprint density at radius 3 is 2.30 bits per heavy atom. The number of fused-ring (bicyclic) bond motifs is 1. The molecule has 0 radical (unpaired) electrons. The number of rotatable bonds is 8. The van der Waals surface area contributed by atoms with Gasteiger partial charge in [0.1, 0.15) is 17.2 Å². The summed E-state index contributed by atoms with van der Waals surface area (Å²) in [6.45, 7) is 0.0589. The number of aromatic nitrogens is 3. The van der Waals surface area contributed by atoms with Gasteiger partial charge in [-0.3, -0.25) is 20.2 Å². The Hall–Kier alpha value is -4.48. The first kappa shape index (κ1) is 24.2. The normalized spacial score (nSPS) is 14.8. The van der Waals surface area contributed by atoms with Crippen LogP contribution in [0.15, 0.2) is 67.0 Å². The van der Waals surface area contributed by atoms with E-state index < -0.39 is 23.4 Å². The number of hydrogen-bond donors (Lipinski definition) is 2. The predicted molar refractivity (Wildman–Crippen MR) is 132 cm³/mol. The molecule has 0 spiro atoms. The zero-order chi connectivity index (χ0) is 26.0. The molecule has 2 aromatic heterocycles. The first-order chi connectivity index (χ1) is 17.9. The smallest absolute Gasteiger partial charge is 0.328 e. The number of urea groups is 1. The van der Waals surface area contributed by atoms with Crippen LogP contribution in [0.1, 0.15) is 6.42 Å². The van der Waals surface area contributed by atoms with E-state index in [0.29, 0.717) is 22.3 Å². The molecule has 1 fully saturated rings. The highest BCUT2D eigenvalue weighted by molar-refractivity contribution is 6.30. The molecule has 12 heteroatoms. The molecule has 0 bridgehead atoms. The number of barbiturate groups is 1. The van der Waals surface area contributed by atoms with Crippen molar-refractivity contribution in [2.24, 2.45) is 0 Å². The number of hydrogen-bond acceptors (Lipinski definition) is 8. The van der Waals surface area contributed by atoms with Gasteiger partial charge in [-0.15, -0.1) is 0 Å². The zero-order valence-corrected chi connectivity index (χ0v) is 20.2. The lowest BCUT2D eigenvalue weighted by atomic mass is 9.95. The van der Waals surface area contributed by atoms with Crippen LogP contribution in [0.5, 0.6) is 17.2 Å². The summed E-state index contributed by atoms with van der Waals surface area (Å²) >= 11 is 5.92. The van der Waals surface area contributed by atoms with Crippen LogP contribution in [0, 0.1) is 0 Å². The third kappa shape index (κ3) is 4.82. The number of ether oxygens (including phenoxy) is 3. The Labute approximate surface area is 215 Å². The fourth-order valence-electron chi connectivity index (χ4n) is 3.82. The Balaban J connectivity index is 1.32. The molecule has 1 saturated heterocycles. The maximum absolute atomic E-state index is 12.6. The van der Waals surface area contributed by atoms with Crippen LogP contribution in [-0.2, 0) is 14.3 Å². The number of carbonyl (C=O) groups excluding carboxylic acids is 3. The minimum atomic E-state index is -1.95. The average Bonchev–Trinajstić information content (AvgIpc) is 3.30. The molecule has 5 rings (SSSR count). The van der Waals surface area contributed by atoms with Gasteiger partial charge in [-0.2, -0.15) is 5.10 Å². The Kier molecular flexibility index (Phi) is 6.47. The van der Waals surface area contributed by atoms with E-state index in [1.807, 2.05) is 12.1 Å². The fourth-order valence-corrected chi connectivity index (χ4v) is 3.93. The molecule has 0 saturated carbocycles. The molecule has 2 N–H and O–H groups in total. The van der Waals surface area contributed by atoms with E-state index in [2.05, 4.69) is 20.7 Å². The number of nitrogens with one attached hydrogen (secondary N) is 2. The quantitative estimate of drug-likeness (QED) is 0.337. The van der Waals surface area contributed by atoms with Gasteiger partial charge in [-0.25, -0.2) is 14.5 Å². The van der Waals surface area contributed by atoms with E-state index in [-0.39, 0.29) is 18.8 Å². The lowest BCUT2D eigenvalue weighted by Gasteiger charge is -2.34. The Bertz CT molecular complexity index is 1470. The number of imide groups is 2. The Morgan fingerprint density at radius 1 is 0.919 bits per heavy atom. The standard InChI is InChI=1S/C25H20ClN5O6/c1-35-11-10-25(22(32)29-24(34)30-23(25)33)37-18-5-3-17(4-6-18)36-19-7-8-20-15(12-19)13-28-31(20)21-9-2-16(26)14-27-21/h2-9,12-14H,10-11H2,1H3,(H2,29,30,32,33,34). The molecule has 4 amide bonds. The number of halogens is 1. The molecular formula is C25H20ClN5O6. The van der Waals surface area contributed by atoms with E-state index in [4.69, 9.17) is 25.8 Å². The number of carbonyl (C=O) groups is 3. The molecule has 0 aliphatic carbocycles. The van der Waals surface area contributed by atoms with Gasteiger partial charge in [-0.05, 0) is 54.6 Å². The van der Waals surface area contributed by atoms with Crippen molar-refractivity contribution in [1.82, 2.24) is 25.4 Å². The topological polar surface area (TPSA) is 134 Å². The van der Waals surface area contributed by atoms with Gasteiger partial charge in [0.15, 0.2) is 5.82 Å². The molecule has 188 valence electrons. The van der Waals surface area contributed by atoms with Gasteiger partial charge in [0.05, 0.1) is 23.3 Å². The van der Waals surface area contributed by atoms with Gasteiger partial charge < -0.3 is 14.2 Å². The summed E-state index contributed by atoms with van der Waals surface area (Å²) < 4.78 is 18.5. The summed E-state index contributed by atoms with van der Waals surface area (Å²) in [7, 11) is 1.43. The highest BCUT2D eigenvalue weighted by Gasteiger charge is 2.52. The lowest BCUT2D eigenvalue weighted by Crippen LogP contribution is -2.69. The summed E-state index contributed by atoms with van der Waals surface area (Å²) in [5.41, 5.74) is -1.11. The van der Waals surface area contributed by atoms with E-state index in [9.17, 15) is 14.4 Å². The van der Waals surface area contributed by atoms with Crippen LogP contribution in [0.25, 0.3) is 16.7 Å². The van der Waals surface area contributed by atoms with Crippen LogP contribution in [0.3, 0.4) is 0 Å². The molecule has 0 atom stereocenters. The monoisotopic (exact) mass is 521 g/mol. The average molecular weight is 522 g/mol. The molecule has 2 aromatic carbocycles. The van der Waals surface area contributed by atoms with Gasteiger partial charge in [0.2, 0.25) is 0 Å². The Morgan fingerprint density at radius 2 is 1.62 bits per heavy atom. The number of methoxy groups -OCH3 is 1. The van der Waals surface area contributed by atoms with Gasteiger partial charge in [0, 0.05) is 25.1 Å². The molecular weight excluding hydrogens is 502 g/mol. The highest BCUT2D eigenvalue weighted by atomic mass is 35.5. The van der Waals surface area contributed by atoms with E-state index in [1.54, 1.807) is 59.5 Å². The SMILES string of the molecule is COCCC1(Oc2ccc(Oc3ccc4c(cnn4-c4ccc(Cl)cn4)c3)cc2)C(=O)NC(=O)NC1=O. The zero-order valence-electron chi connectivity index (χ0n) is 19.4. The third-order valence-electron chi connectivity index (χ3n) is 5.67. The van der Waals surface area contributed by atoms with Gasteiger partial charge in [0.25, 0.3) is 17.4 Å². The van der Waals surface area contributed by atoms with Crippen LogP contribution in [0.4, 0.5) is 4.79 Å². The second-order valence-electron chi connectivity index (χ2n) is 8.09. The number of benzene rings is 2. The van der Waals surface area contributed by atoms with Crippen LogP contribution < -0.4 is 20.1 Å². The largest absolute Gasteiger partial charge is 0.467 e. The summed E-state index contributed by atoms with van der Waals surface area (Å²) in [4.78, 5) is 40.9. The second kappa shape index (κ2) is 9.88. The minimum Gasteiger partial charge on any atom is -0.467 e. The molecule has 37 heavy (non-hydrogen) atoms. The van der Waals surface area contributed by atoms with E-state index in [1.165, 1.54) is 7.11 Å². The van der Waals surface area contributed by atoms with Crippen LogP contribution in [-0.4, -0.2) is 51.9 Å². The van der Waals surface area contributed by atoms with Gasteiger partial charge in [-0.1, -0.05) is 11.6 Å². The summed E-state index contributed by atoms with van der Waals surface area (Å²) in [6.07, 6.45) is 3.17. The van der Waals surface area contributed by atoms with Crippen molar-refractivity contribution < 1.29 is 28.6 Å². The second-order valence-corrected chi connectivity index (χ2v) is 8.53. The van der Waals surface area contributed by atoms with Crippen molar-refractivity contribution in [3.05, 3.63) is 72.0 Å². The molecule has 4 aromatic rings. The number of nitrogens with zero attached hydrogens (tertiary/aromatic N) is 3. The molecule has 0 unspecified atom stereocenters. The highest BCUT2D eigenvalue weighted by Crippen LogP contribution is 2.30. The summed E-state index contributed by atoms with van der Waals surface area (Å²) in [6, 6.07) is 14.5. The van der Waals surface area contributed by atoms with Crippen molar-refractivity contribution in [2.75, 3.05) is 13.7 Å². The minimum absolute atomic E-state index is 0.0589. The third-order valence-corrected chi connectivity index (χ3v) is 5.89. The van der Waals surface area contributed by atoms with Crippen LogP contribution in [0.2, 0.25) is 5.02 Å². The van der Waals surface area contributed by atoms with E-state index >= 15 is 0 Å². The van der Waals surface area contributed by atoms with Crippen molar-refractivity contribution in [2.45, 2.75) is 12.0 Å². The first-order valence-electron chi connectivity index (χ1n) is 11.1. The fraction of sp³-hybridized carbons (Fsp3) is 0.160. The predicted octanol–water partition coefficient (Wildman–Crippen LogP) is 3.39. The van der Waals surface area contributed by atoms with Crippen molar-refractivity contribution in [1.29, 1.82) is 0 Å². The summed E-state index contributed by atoms with van der Waals surface area (Å²) in [5, 5.41) is 9.93. The maximum atomic E-state index is 12.6. The number of amides is 4. The van der Waals surface area contributed by atoms with Crippen molar-refractivity contribution in [3.8, 4) is 23.1 Å². The molecule has 1 aliphatic rings. The first-order valence-corrected chi connectivity index (χ1v) is 11.5. The maximum Gasteiger partial charge on any atom is 0.328 e. The van der Waals surface area contributed by atoms with Crippen molar-refractivity contribution >= 4 is 40.3 Å². The van der Waals surface area contributed by atoms with Gasteiger partial charge >= 0.3 is 6.03 Å². The van der Waals surface area contributed by atoms with Crippen LogP contribution >= 0.6 is 11.6 Å². The van der Waals surface area contributed by atoms with E-state index in [0.717, 1.165) is 10.9 Å². The summed E-state index contributed by atoms with van der Waals surface area (Å²) in [5.74, 6) is 0.220. The number of pyridine rings is 1. The molecule has 3 heterocycles. The lowest BCUT2D eigenvalue weighted by molar-refractivity contribution is -0.153.